The van der Waals surface area contributed by atoms with Crippen molar-refractivity contribution in [1.82, 2.24) is 0 Å². The summed E-state index contributed by atoms with van der Waals surface area (Å²) in [6.45, 7) is 0. The first kappa shape index (κ1) is 8.18. The Morgan fingerprint density at radius 3 is 2.00 bits per heavy atom. The molecule has 1 rings (SSSR count). The van der Waals surface area contributed by atoms with E-state index >= 15 is 0 Å². The Labute approximate surface area is 77.9 Å². The quantitative estimate of drug-likeness (QED) is 0.679. The highest BCUT2D eigenvalue weighted by molar-refractivity contribution is 9.10. The van der Waals surface area contributed by atoms with Gasteiger partial charge in [0.1, 0.15) is 0 Å². The van der Waals surface area contributed by atoms with E-state index in [4.69, 9.17) is 23.6 Å². The minimum absolute atomic E-state index is 0.756. The molecule has 54 valence electrons. The largest absolute Gasteiger partial charge is 0.194 e. The molecule has 0 radical (unpaired) electrons. The molecule has 0 heterocycles. The van der Waals surface area contributed by atoms with Crippen LogP contribution in [0, 0.1) is 0 Å². The van der Waals surface area contributed by atoms with Gasteiger partial charge in [-0.1, -0.05) is 15.9 Å². The molecular weight excluding hydrogens is 237 g/mol. The second-order valence-electron chi connectivity index (χ2n) is 1.71. The van der Waals surface area contributed by atoms with Gasteiger partial charge in [-0.2, -0.15) is 3.94 Å². The van der Waals surface area contributed by atoms with E-state index < -0.39 is 0 Å². The summed E-state index contributed by atoms with van der Waals surface area (Å²) in [5.41, 5.74) is 0.756. The first-order valence-corrected chi connectivity index (χ1v) is 4.04. The van der Waals surface area contributed by atoms with Crippen molar-refractivity contribution in [3.05, 3.63) is 28.7 Å². The van der Waals surface area contributed by atoms with Crippen molar-refractivity contribution in [1.29, 1.82) is 0 Å². The monoisotopic (exact) mass is 239 g/mol. The highest BCUT2D eigenvalue weighted by Gasteiger charge is 1.96. The van der Waals surface area contributed by atoms with Gasteiger partial charge in [-0.25, -0.2) is 0 Å². The third kappa shape index (κ3) is 2.04. The lowest BCUT2D eigenvalue weighted by molar-refractivity contribution is 1.56. The minimum Gasteiger partial charge on any atom is -0.194 e. The molecule has 0 unspecified atom stereocenters. The first-order valence-electron chi connectivity index (χ1n) is 2.57. The molecule has 0 aliphatic carbocycles. The molecule has 0 spiro atoms. The van der Waals surface area contributed by atoms with Gasteiger partial charge in [0, 0.05) is 28.0 Å². The number of hydrogen-bond acceptors (Lipinski definition) is 1. The van der Waals surface area contributed by atoms with Crippen LogP contribution in [-0.2, 0) is 0 Å². The van der Waals surface area contributed by atoms with Gasteiger partial charge in [-0.3, -0.25) is 0 Å². The number of nitrogens with zero attached hydrogens (tertiary/aromatic N) is 1. The fourth-order valence-corrected chi connectivity index (χ4v) is 1.04. The van der Waals surface area contributed by atoms with E-state index in [2.05, 4.69) is 15.9 Å². The van der Waals surface area contributed by atoms with E-state index in [1.807, 2.05) is 24.3 Å². The lowest BCUT2D eigenvalue weighted by Crippen LogP contribution is -1.89. The molecule has 1 nitrogen and oxygen atoms in total. The van der Waals surface area contributed by atoms with Crippen molar-refractivity contribution < 1.29 is 0 Å². The third-order valence-corrected chi connectivity index (χ3v) is 1.94. The van der Waals surface area contributed by atoms with Crippen molar-refractivity contribution >= 4 is 45.2 Å². The number of benzene rings is 1. The van der Waals surface area contributed by atoms with Crippen LogP contribution in [0.2, 0.25) is 0 Å². The maximum atomic E-state index is 5.44. The fraction of sp³-hybridized carbons (Fsp3) is 0. The van der Waals surface area contributed by atoms with Gasteiger partial charge in [0.05, 0.1) is 5.69 Å². The average Bonchev–Trinajstić information content (AvgIpc) is 1.88. The van der Waals surface area contributed by atoms with Crippen LogP contribution in [0.3, 0.4) is 0 Å². The molecular formula is C6H4BrCl2N. The summed E-state index contributed by atoms with van der Waals surface area (Å²) in [6, 6.07) is 7.36. The Morgan fingerprint density at radius 1 is 1.10 bits per heavy atom. The van der Waals surface area contributed by atoms with Crippen LogP contribution in [0.5, 0.6) is 0 Å². The highest BCUT2D eigenvalue weighted by Crippen LogP contribution is 2.20. The summed E-state index contributed by atoms with van der Waals surface area (Å²) in [6.07, 6.45) is 0. The molecule has 0 atom stereocenters. The van der Waals surface area contributed by atoms with Crippen molar-refractivity contribution in [2.45, 2.75) is 0 Å². The number of anilines is 1. The van der Waals surface area contributed by atoms with Gasteiger partial charge in [0.25, 0.3) is 0 Å². The SMILES string of the molecule is ClN(Cl)c1ccc(Br)cc1. The Kier molecular flexibility index (Phi) is 2.83. The van der Waals surface area contributed by atoms with Gasteiger partial charge >= 0.3 is 0 Å². The minimum atomic E-state index is 0.756. The van der Waals surface area contributed by atoms with Crippen LogP contribution in [0.25, 0.3) is 0 Å². The molecule has 0 amide bonds. The molecule has 0 aliphatic rings. The smallest absolute Gasteiger partial charge is 0.0710 e. The van der Waals surface area contributed by atoms with Crippen LogP contribution in [-0.4, -0.2) is 0 Å². The Morgan fingerprint density at radius 2 is 1.60 bits per heavy atom. The number of halogens is 3. The Balaban J connectivity index is 2.89. The molecule has 1 aromatic carbocycles. The van der Waals surface area contributed by atoms with Crippen molar-refractivity contribution in [3.8, 4) is 0 Å². The molecule has 0 fully saturated rings. The summed E-state index contributed by atoms with van der Waals surface area (Å²) >= 11 is 14.2. The average molecular weight is 241 g/mol. The maximum absolute atomic E-state index is 5.44. The molecule has 0 aromatic heterocycles. The van der Waals surface area contributed by atoms with Crippen molar-refractivity contribution in [2.75, 3.05) is 3.94 Å². The van der Waals surface area contributed by atoms with Gasteiger partial charge in [0.2, 0.25) is 0 Å². The van der Waals surface area contributed by atoms with Crippen molar-refractivity contribution in [3.63, 3.8) is 0 Å². The zero-order valence-electron chi connectivity index (χ0n) is 4.89. The standard InChI is InChI=1S/C6H4BrCl2N/c7-5-1-3-6(4-2-5)10(8)9/h1-4H. The van der Waals surface area contributed by atoms with Crippen LogP contribution < -0.4 is 3.94 Å². The van der Waals surface area contributed by atoms with E-state index in [1.165, 1.54) is 0 Å². The Hall–Kier alpha value is 0.0800. The van der Waals surface area contributed by atoms with Gasteiger partial charge in [0.15, 0.2) is 0 Å². The lowest BCUT2D eigenvalue weighted by atomic mass is 10.3. The summed E-state index contributed by atoms with van der Waals surface area (Å²) in [4.78, 5) is 0. The number of rotatable bonds is 1. The van der Waals surface area contributed by atoms with Gasteiger partial charge in [-0.05, 0) is 24.3 Å². The Bertz CT molecular complexity index is 209. The second-order valence-corrected chi connectivity index (χ2v) is 3.47. The van der Waals surface area contributed by atoms with E-state index in [1.54, 1.807) is 0 Å². The van der Waals surface area contributed by atoms with Crippen LogP contribution in [0.4, 0.5) is 5.69 Å². The summed E-state index contributed by atoms with van der Waals surface area (Å²) in [5, 5.41) is 0. The van der Waals surface area contributed by atoms with Gasteiger partial charge in [-0.15, -0.1) is 0 Å². The maximum Gasteiger partial charge on any atom is 0.0710 e. The molecule has 0 aliphatic heterocycles. The highest BCUT2D eigenvalue weighted by atomic mass is 79.9. The van der Waals surface area contributed by atoms with E-state index in [0.29, 0.717) is 0 Å². The summed E-state index contributed by atoms with van der Waals surface area (Å²) in [7, 11) is 0. The molecule has 4 heteroatoms. The molecule has 10 heavy (non-hydrogen) atoms. The molecule has 0 saturated heterocycles. The normalized spacial score (nSPS) is 9.50. The molecule has 1 aromatic rings. The first-order chi connectivity index (χ1) is 4.70. The summed E-state index contributed by atoms with van der Waals surface area (Å²) in [5.74, 6) is 0. The zero-order valence-corrected chi connectivity index (χ0v) is 7.99. The predicted octanol–water partition coefficient (Wildman–Crippen LogP) is 3.56. The fourth-order valence-electron chi connectivity index (χ4n) is 0.554. The summed E-state index contributed by atoms with van der Waals surface area (Å²) < 4.78 is 2.03. The van der Waals surface area contributed by atoms with Crippen LogP contribution in [0.1, 0.15) is 0 Å². The zero-order chi connectivity index (χ0) is 7.56. The van der Waals surface area contributed by atoms with Crippen LogP contribution in [0.15, 0.2) is 28.7 Å². The van der Waals surface area contributed by atoms with Gasteiger partial charge < -0.3 is 0 Å². The molecule has 0 N–H and O–H groups in total. The van der Waals surface area contributed by atoms with Crippen molar-refractivity contribution in [2.24, 2.45) is 0 Å². The molecule has 0 saturated carbocycles. The number of hydrogen-bond donors (Lipinski definition) is 0. The second kappa shape index (κ2) is 3.46. The van der Waals surface area contributed by atoms with Crippen LogP contribution >= 0.6 is 39.5 Å². The van der Waals surface area contributed by atoms with E-state index in [9.17, 15) is 0 Å². The third-order valence-electron chi connectivity index (χ3n) is 1.02. The predicted molar refractivity (Wildman–Crippen MR) is 48.3 cm³/mol. The van der Waals surface area contributed by atoms with E-state index in [0.717, 1.165) is 14.1 Å². The lowest BCUT2D eigenvalue weighted by Gasteiger charge is -2.03. The van der Waals surface area contributed by atoms with E-state index in [-0.39, 0.29) is 0 Å². The topological polar surface area (TPSA) is 3.24 Å². The molecule has 0 bridgehead atoms.